The van der Waals surface area contributed by atoms with E-state index in [1.54, 1.807) is 0 Å². The molecule has 0 aromatic rings. The second-order valence-electron chi connectivity index (χ2n) is 6.35. The third-order valence-corrected chi connectivity index (χ3v) is 4.99. The van der Waals surface area contributed by atoms with Gasteiger partial charge in [-0.05, 0) is 42.4 Å². The summed E-state index contributed by atoms with van der Waals surface area (Å²) in [6.07, 6.45) is 3.35. The van der Waals surface area contributed by atoms with Crippen LogP contribution in [0, 0.1) is 29.6 Å². The number of carbonyl (C=O) groups is 1. The molecule has 5 atom stereocenters. The van der Waals surface area contributed by atoms with Gasteiger partial charge >= 0.3 is 5.97 Å². The van der Waals surface area contributed by atoms with Crippen LogP contribution in [0.15, 0.2) is 11.6 Å². The van der Waals surface area contributed by atoms with Crippen molar-refractivity contribution in [3.05, 3.63) is 11.6 Å². The molecule has 0 spiro atoms. The van der Waals surface area contributed by atoms with Gasteiger partial charge in [-0.15, -0.1) is 0 Å². The highest BCUT2D eigenvalue weighted by Gasteiger charge is 2.45. The molecule has 0 aromatic heterocycles. The first-order valence-electron chi connectivity index (χ1n) is 7.18. The first kappa shape index (κ1) is 14.5. The van der Waals surface area contributed by atoms with E-state index in [1.807, 2.05) is 6.08 Å². The predicted molar refractivity (Wildman–Crippen MR) is 71.5 cm³/mol. The summed E-state index contributed by atoms with van der Waals surface area (Å²) in [7, 11) is 0. The molecule has 2 aliphatic carbocycles. The van der Waals surface area contributed by atoms with Gasteiger partial charge in [0.1, 0.15) is 0 Å². The maximum absolute atomic E-state index is 11.2. The Balaban J connectivity index is 2.34. The van der Waals surface area contributed by atoms with Crippen LogP contribution in [0.1, 0.15) is 33.1 Å². The zero-order chi connectivity index (χ0) is 14.2. The molecule has 19 heavy (non-hydrogen) atoms. The van der Waals surface area contributed by atoms with Crippen molar-refractivity contribution in [2.24, 2.45) is 29.6 Å². The highest BCUT2D eigenvalue weighted by atomic mass is 16.4. The monoisotopic (exact) mass is 268 g/mol. The molecule has 0 aliphatic heterocycles. The number of fused-ring (bicyclic) bond motifs is 1. The number of carboxylic acid groups (broad SMARTS) is 1. The Bertz CT molecular complexity index is 374. The van der Waals surface area contributed by atoms with Crippen molar-refractivity contribution in [2.75, 3.05) is 6.61 Å². The van der Waals surface area contributed by atoms with E-state index < -0.39 is 12.1 Å². The quantitative estimate of drug-likeness (QED) is 0.727. The zero-order valence-corrected chi connectivity index (χ0v) is 11.6. The number of rotatable bonds is 3. The van der Waals surface area contributed by atoms with Crippen LogP contribution in [0.4, 0.5) is 0 Å². The van der Waals surface area contributed by atoms with Gasteiger partial charge in [-0.2, -0.15) is 0 Å². The third-order valence-electron chi connectivity index (χ3n) is 4.99. The lowest BCUT2D eigenvalue weighted by atomic mass is 9.59. The van der Waals surface area contributed by atoms with Crippen molar-refractivity contribution >= 4 is 5.97 Å². The van der Waals surface area contributed by atoms with Crippen molar-refractivity contribution < 1.29 is 20.1 Å². The van der Waals surface area contributed by atoms with E-state index in [1.165, 1.54) is 0 Å². The number of carboxylic acids is 1. The molecule has 0 radical (unpaired) electrons. The molecule has 1 saturated carbocycles. The molecule has 0 aromatic carbocycles. The normalized spacial score (nSPS) is 38.8. The molecule has 108 valence electrons. The van der Waals surface area contributed by atoms with E-state index in [0.29, 0.717) is 17.4 Å². The summed E-state index contributed by atoms with van der Waals surface area (Å²) >= 11 is 0. The minimum absolute atomic E-state index is 0.00856. The van der Waals surface area contributed by atoms with E-state index in [2.05, 4.69) is 13.8 Å². The molecule has 1 fully saturated rings. The summed E-state index contributed by atoms with van der Waals surface area (Å²) < 4.78 is 0. The summed E-state index contributed by atoms with van der Waals surface area (Å²) in [5.74, 6) is 0.128. The second-order valence-corrected chi connectivity index (χ2v) is 6.35. The molecule has 0 amide bonds. The molecule has 0 saturated heterocycles. The van der Waals surface area contributed by atoms with E-state index in [-0.39, 0.29) is 30.8 Å². The fourth-order valence-corrected chi connectivity index (χ4v) is 4.01. The topological polar surface area (TPSA) is 77.8 Å². The fourth-order valence-electron chi connectivity index (χ4n) is 4.01. The van der Waals surface area contributed by atoms with Crippen LogP contribution in [0.2, 0.25) is 0 Å². The maximum Gasteiger partial charge on any atom is 0.331 e. The van der Waals surface area contributed by atoms with Gasteiger partial charge in [0.15, 0.2) is 0 Å². The molecule has 4 nitrogen and oxygen atoms in total. The number of allylic oxidation sites excluding steroid dienone is 1. The van der Waals surface area contributed by atoms with Crippen LogP contribution in [0.25, 0.3) is 0 Å². The van der Waals surface area contributed by atoms with E-state index >= 15 is 0 Å². The van der Waals surface area contributed by atoms with Gasteiger partial charge in [-0.3, -0.25) is 0 Å². The molecule has 4 heteroatoms. The van der Waals surface area contributed by atoms with Crippen molar-refractivity contribution in [3.8, 4) is 0 Å². The number of aliphatic hydroxyl groups excluding tert-OH is 2. The molecule has 0 bridgehead atoms. The number of aliphatic carboxylic acids is 1. The van der Waals surface area contributed by atoms with Crippen LogP contribution in [0.5, 0.6) is 0 Å². The Morgan fingerprint density at radius 3 is 2.63 bits per heavy atom. The van der Waals surface area contributed by atoms with Crippen LogP contribution in [-0.4, -0.2) is 34.0 Å². The fraction of sp³-hybridized carbons (Fsp3) is 0.800. The van der Waals surface area contributed by atoms with Gasteiger partial charge in [-0.1, -0.05) is 19.9 Å². The molecule has 0 heterocycles. The highest BCUT2D eigenvalue weighted by molar-refractivity contribution is 5.86. The van der Waals surface area contributed by atoms with Crippen LogP contribution < -0.4 is 0 Å². The lowest BCUT2D eigenvalue weighted by Crippen LogP contribution is -2.46. The number of aliphatic hydroxyl groups is 2. The number of hydrogen-bond acceptors (Lipinski definition) is 3. The Morgan fingerprint density at radius 2 is 2.11 bits per heavy atom. The van der Waals surface area contributed by atoms with Crippen molar-refractivity contribution in [1.29, 1.82) is 0 Å². The van der Waals surface area contributed by atoms with Crippen LogP contribution in [0.3, 0.4) is 0 Å². The molecular formula is C15H24O4. The number of hydrogen-bond donors (Lipinski definition) is 3. The summed E-state index contributed by atoms with van der Waals surface area (Å²) in [6.45, 7) is 4.38. The minimum Gasteiger partial charge on any atom is -0.478 e. The van der Waals surface area contributed by atoms with Crippen molar-refractivity contribution in [2.45, 2.75) is 39.2 Å². The molecule has 2 rings (SSSR count). The Kier molecular flexibility index (Phi) is 4.31. The standard InChI is InChI=1S/C15H24O4/c1-8(2)11-4-3-9(7-16)14-12(11)5-10(15(18)19)6-13(14)17/h5,8-9,11-14,16-17H,3-4,6-7H2,1-2H3,(H,18,19). The van der Waals surface area contributed by atoms with Gasteiger partial charge in [0, 0.05) is 18.6 Å². The summed E-state index contributed by atoms with van der Waals surface area (Å²) in [4.78, 5) is 11.2. The Hall–Kier alpha value is -0.870. The maximum atomic E-state index is 11.2. The first-order valence-corrected chi connectivity index (χ1v) is 7.18. The third kappa shape index (κ3) is 2.70. The molecule has 3 N–H and O–H groups in total. The summed E-state index contributed by atoms with van der Waals surface area (Å²) in [6, 6.07) is 0. The van der Waals surface area contributed by atoms with Crippen LogP contribution >= 0.6 is 0 Å². The summed E-state index contributed by atoms with van der Waals surface area (Å²) in [5.41, 5.74) is 0.331. The van der Waals surface area contributed by atoms with Crippen LogP contribution in [-0.2, 0) is 4.79 Å². The highest BCUT2D eigenvalue weighted by Crippen LogP contribution is 2.48. The van der Waals surface area contributed by atoms with E-state index in [4.69, 9.17) is 5.11 Å². The lowest BCUT2D eigenvalue weighted by Gasteiger charge is -2.47. The molecular weight excluding hydrogens is 244 g/mol. The SMILES string of the molecule is CC(C)C1CCC(CO)C2C(O)CC(C(=O)O)=CC12. The van der Waals surface area contributed by atoms with Gasteiger partial charge < -0.3 is 15.3 Å². The second kappa shape index (κ2) is 5.63. The van der Waals surface area contributed by atoms with Gasteiger partial charge in [-0.25, -0.2) is 4.79 Å². The Labute approximate surface area is 114 Å². The zero-order valence-electron chi connectivity index (χ0n) is 11.6. The average Bonchev–Trinajstić information content (AvgIpc) is 2.36. The summed E-state index contributed by atoms with van der Waals surface area (Å²) in [5, 5.41) is 29.0. The predicted octanol–water partition coefficient (Wildman–Crippen LogP) is 1.67. The van der Waals surface area contributed by atoms with E-state index in [0.717, 1.165) is 12.8 Å². The molecule has 5 unspecified atom stereocenters. The smallest absolute Gasteiger partial charge is 0.331 e. The van der Waals surface area contributed by atoms with Crippen molar-refractivity contribution in [3.63, 3.8) is 0 Å². The first-order chi connectivity index (χ1) is 8.95. The minimum atomic E-state index is -0.925. The Morgan fingerprint density at radius 1 is 1.42 bits per heavy atom. The van der Waals surface area contributed by atoms with Crippen molar-refractivity contribution in [1.82, 2.24) is 0 Å². The van der Waals surface area contributed by atoms with Gasteiger partial charge in [0.05, 0.1) is 6.10 Å². The lowest BCUT2D eigenvalue weighted by molar-refractivity contribution is -0.134. The van der Waals surface area contributed by atoms with E-state index in [9.17, 15) is 15.0 Å². The molecule has 2 aliphatic rings. The largest absolute Gasteiger partial charge is 0.478 e. The van der Waals surface area contributed by atoms with Gasteiger partial charge in [0.2, 0.25) is 0 Å². The average molecular weight is 268 g/mol. The van der Waals surface area contributed by atoms with Gasteiger partial charge in [0.25, 0.3) is 0 Å².